The summed E-state index contributed by atoms with van der Waals surface area (Å²) in [6.45, 7) is 0. The zero-order valence-corrected chi connectivity index (χ0v) is 11.4. The number of rotatable bonds is 2. The van der Waals surface area contributed by atoms with Gasteiger partial charge in [0.25, 0.3) is 0 Å². The summed E-state index contributed by atoms with van der Waals surface area (Å²) in [5, 5.41) is 23.2. The van der Waals surface area contributed by atoms with E-state index in [1.54, 1.807) is 13.4 Å². The summed E-state index contributed by atoms with van der Waals surface area (Å²) < 4.78 is 1.85. The summed E-state index contributed by atoms with van der Waals surface area (Å²) in [7, 11) is 1.78. The SMILES string of the molecule is CNc1ncnc2c1ncn2[C@@H]1[Se]C[C@@H](O)[C@H]1O. The molecule has 1 aliphatic heterocycles. The average molecular weight is 314 g/mol. The number of aromatic nitrogens is 4. The van der Waals surface area contributed by atoms with E-state index in [4.69, 9.17) is 0 Å². The van der Waals surface area contributed by atoms with Crippen molar-refractivity contribution in [3.8, 4) is 0 Å². The van der Waals surface area contributed by atoms with Gasteiger partial charge < -0.3 is 0 Å². The molecule has 0 radical (unpaired) electrons. The molecule has 3 rings (SSSR count). The number of fused-ring (bicyclic) bond motifs is 1. The van der Waals surface area contributed by atoms with Crippen molar-refractivity contribution >= 4 is 31.9 Å². The Bertz CT molecular complexity index is 574. The fraction of sp³-hybridized carbons (Fsp3) is 0.500. The maximum absolute atomic E-state index is 9.97. The fourth-order valence-corrected chi connectivity index (χ4v) is 4.75. The van der Waals surface area contributed by atoms with Crippen LogP contribution < -0.4 is 5.32 Å². The van der Waals surface area contributed by atoms with Crippen LogP contribution in [0.1, 0.15) is 4.94 Å². The number of nitrogens with zero attached hydrogens (tertiary/aromatic N) is 4. The molecule has 1 saturated heterocycles. The Balaban J connectivity index is 2.08. The minimum absolute atomic E-state index is 0.114. The summed E-state index contributed by atoms with van der Waals surface area (Å²) >= 11 is 0.136. The van der Waals surface area contributed by atoms with E-state index in [2.05, 4.69) is 20.3 Å². The Morgan fingerprint density at radius 2 is 2.22 bits per heavy atom. The van der Waals surface area contributed by atoms with E-state index in [0.717, 1.165) is 0 Å². The third-order valence-corrected chi connectivity index (χ3v) is 5.89. The van der Waals surface area contributed by atoms with E-state index >= 15 is 0 Å². The van der Waals surface area contributed by atoms with Crippen LogP contribution in [-0.2, 0) is 0 Å². The average Bonchev–Trinajstić information content (AvgIpc) is 2.94. The predicted octanol–water partition coefficient (Wildman–Crippen LogP) is -0.776. The van der Waals surface area contributed by atoms with Crippen molar-refractivity contribution in [2.45, 2.75) is 22.5 Å². The second-order valence-electron chi connectivity index (χ2n) is 4.08. The molecule has 3 heterocycles. The molecule has 0 aliphatic carbocycles. The van der Waals surface area contributed by atoms with Gasteiger partial charge in [0, 0.05) is 0 Å². The molecular formula is C10H13N5O2Se. The molecule has 7 nitrogen and oxygen atoms in total. The van der Waals surface area contributed by atoms with E-state index < -0.39 is 12.2 Å². The van der Waals surface area contributed by atoms with Gasteiger partial charge in [-0.15, -0.1) is 0 Å². The monoisotopic (exact) mass is 315 g/mol. The first-order valence-corrected chi connectivity index (χ1v) is 7.75. The van der Waals surface area contributed by atoms with Crippen LogP contribution in [0.4, 0.5) is 5.82 Å². The van der Waals surface area contributed by atoms with Gasteiger partial charge in [0.2, 0.25) is 0 Å². The zero-order valence-electron chi connectivity index (χ0n) is 9.69. The van der Waals surface area contributed by atoms with Crippen molar-refractivity contribution in [2.75, 3.05) is 12.4 Å². The van der Waals surface area contributed by atoms with Gasteiger partial charge in [-0.2, -0.15) is 0 Å². The van der Waals surface area contributed by atoms with Gasteiger partial charge in [-0.1, -0.05) is 0 Å². The second-order valence-corrected chi connectivity index (χ2v) is 6.49. The van der Waals surface area contributed by atoms with Gasteiger partial charge in [0.15, 0.2) is 0 Å². The van der Waals surface area contributed by atoms with Crippen LogP contribution in [0.15, 0.2) is 12.7 Å². The third-order valence-electron chi connectivity index (χ3n) is 2.99. The Kier molecular flexibility index (Phi) is 2.95. The van der Waals surface area contributed by atoms with Crippen molar-refractivity contribution in [3.63, 3.8) is 0 Å². The minimum atomic E-state index is -0.740. The number of anilines is 1. The molecule has 1 fully saturated rings. The van der Waals surface area contributed by atoms with Crippen molar-refractivity contribution < 1.29 is 10.2 Å². The molecule has 0 amide bonds. The van der Waals surface area contributed by atoms with Crippen LogP contribution >= 0.6 is 0 Å². The number of hydrogen-bond acceptors (Lipinski definition) is 6. The van der Waals surface area contributed by atoms with Crippen LogP contribution in [0, 0.1) is 0 Å². The van der Waals surface area contributed by atoms with Crippen molar-refractivity contribution in [3.05, 3.63) is 12.7 Å². The van der Waals surface area contributed by atoms with Gasteiger partial charge in [-0.05, 0) is 0 Å². The fourth-order valence-electron chi connectivity index (χ4n) is 2.05. The molecule has 1 aliphatic rings. The molecule has 96 valence electrons. The Morgan fingerprint density at radius 1 is 1.39 bits per heavy atom. The van der Waals surface area contributed by atoms with E-state index in [1.807, 2.05) is 4.57 Å². The molecular weight excluding hydrogens is 301 g/mol. The van der Waals surface area contributed by atoms with Gasteiger partial charge in [-0.25, -0.2) is 0 Å². The molecule has 2 aromatic rings. The number of hydrogen-bond donors (Lipinski definition) is 3. The Hall–Kier alpha value is -1.21. The van der Waals surface area contributed by atoms with E-state index in [1.165, 1.54) is 6.33 Å². The molecule has 18 heavy (non-hydrogen) atoms. The predicted molar refractivity (Wildman–Crippen MR) is 66.5 cm³/mol. The molecule has 3 N–H and O–H groups in total. The summed E-state index contributed by atoms with van der Waals surface area (Å²) in [4.78, 5) is 12.5. The molecule has 0 saturated carbocycles. The van der Waals surface area contributed by atoms with Crippen molar-refractivity contribution in [1.82, 2.24) is 19.5 Å². The molecule has 3 atom stereocenters. The molecule has 8 heteroatoms. The summed E-state index contributed by atoms with van der Waals surface area (Å²) in [5.74, 6) is 0.666. The van der Waals surface area contributed by atoms with Crippen LogP contribution in [0.25, 0.3) is 11.2 Å². The molecule has 0 spiro atoms. The van der Waals surface area contributed by atoms with E-state index in [9.17, 15) is 10.2 Å². The van der Waals surface area contributed by atoms with Gasteiger partial charge in [0.05, 0.1) is 0 Å². The first kappa shape index (κ1) is 11.9. The zero-order chi connectivity index (χ0) is 12.7. The first-order valence-electron chi connectivity index (χ1n) is 5.55. The molecule has 0 unspecified atom stereocenters. The molecule has 2 aromatic heterocycles. The number of aliphatic hydroxyl groups excluding tert-OH is 2. The van der Waals surface area contributed by atoms with E-state index in [0.29, 0.717) is 22.3 Å². The van der Waals surface area contributed by atoms with Crippen LogP contribution in [0.5, 0.6) is 0 Å². The topological polar surface area (TPSA) is 96.1 Å². The quantitative estimate of drug-likeness (QED) is 0.630. The molecule has 0 aromatic carbocycles. The summed E-state index contributed by atoms with van der Waals surface area (Å²) in [6.07, 6.45) is 1.75. The molecule has 0 bridgehead atoms. The van der Waals surface area contributed by atoms with Crippen LogP contribution in [0.3, 0.4) is 0 Å². The van der Waals surface area contributed by atoms with Crippen molar-refractivity contribution in [2.24, 2.45) is 0 Å². The normalized spacial score (nSPS) is 27.8. The standard InChI is InChI=1S/C10H13N5O2Se/c1-11-8-6-9(13-3-12-8)15(4-14-6)10-7(17)5(16)2-18-10/h3-5,7,10,16-17H,2H2,1H3,(H,11,12,13)/t5-,7-,10-/m1/s1. The maximum atomic E-state index is 9.97. The summed E-state index contributed by atoms with van der Waals surface area (Å²) in [5.41, 5.74) is 1.37. The number of nitrogens with one attached hydrogen (secondary N) is 1. The van der Waals surface area contributed by atoms with Gasteiger partial charge in [-0.3, -0.25) is 0 Å². The van der Waals surface area contributed by atoms with Crippen LogP contribution in [0.2, 0.25) is 5.32 Å². The van der Waals surface area contributed by atoms with Gasteiger partial charge >= 0.3 is 109 Å². The third kappa shape index (κ3) is 1.69. The Morgan fingerprint density at radius 3 is 2.89 bits per heavy atom. The second kappa shape index (κ2) is 4.47. The summed E-state index contributed by atoms with van der Waals surface area (Å²) in [6, 6.07) is 0. The van der Waals surface area contributed by atoms with Crippen LogP contribution in [-0.4, -0.2) is 63.9 Å². The van der Waals surface area contributed by atoms with Crippen molar-refractivity contribution in [1.29, 1.82) is 0 Å². The van der Waals surface area contributed by atoms with Gasteiger partial charge in [0.1, 0.15) is 0 Å². The van der Waals surface area contributed by atoms with E-state index in [-0.39, 0.29) is 19.9 Å². The number of aliphatic hydroxyl groups is 2. The number of imidazole rings is 1. The first-order chi connectivity index (χ1) is 8.72. The Labute approximate surface area is 109 Å².